The topological polar surface area (TPSA) is 51.2 Å². The summed E-state index contributed by atoms with van der Waals surface area (Å²) in [4.78, 5) is 2.52. The first-order valence-corrected chi connectivity index (χ1v) is 8.15. The van der Waals surface area contributed by atoms with E-state index in [0.717, 1.165) is 49.6 Å². The largest absolute Gasteiger partial charge is 0.492 e. The Morgan fingerprint density at radius 3 is 3.14 bits per heavy atom. The zero-order chi connectivity index (χ0) is 14.9. The molecule has 0 aromatic heterocycles. The predicted octanol–water partition coefficient (Wildman–Crippen LogP) is 1.79. The second kappa shape index (κ2) is 4.30. The molecule has 2 bridgehead atoms. The van der Waals surface area contributed by atoms with Crippen molar-refractivity contribution in [1.29, 1.82) is 0 Å². The summed E-state index contributed by atoms with van der Waals surface area (Å²) in [6.45, 7) is 2.25. The molecule has 0 amide bonds. The summed E-state index contributed by atoms with van der Waals surface area (Å²) in [6.07, 6.45) is 3.83. The number of aliphatic hydroxyl groups excluding tert-OH is 1. The maximum Gasteiger partial charge on any atom is 0.231 e. The van der Waals surface area contributed by atoms with Gasteiger partial charge in [-0.3, -0.25) is 4.90 Å². The normalized spacial score (nSPS) is 37.6. The molecule has 1 saturated heterocycles. The van der Waals surface area contributed by atoms with Crippen molar-refractivity contribution >= 4 is 0 Å². The second-order valence-corrected chi connectivity index (χ2v) is 6.99. The Bertz CT molecular complexity index is 646. The van der Waals surface area contributed by atoms with Gasteiger partial charge in [0.2, 0.25) is 12.5 Å². The molecule has 0 spiro atoms. The lowest BCUT2D eigenvalue weighted by atomic mass is 9.63. The summed E-state index contributed by atoms with van der Waals surface area (Å²) < 4.78 is 17.0. The van der Waals surface area contributed by atoms with Gasteiger partial charge in [-0.15, -0.1) is 0 Å². The van der Waals surface area contributed by atoms with Gasteiger partial charge in [0.1, 0.15) is 0 Å². The van der Waals surface area contributed by atoms with Gasteiger partial charge in [-0.25, -0.2) is 0 Å². The van der Waals surface area contributed by atoms with Gasteiger partial charge in [0.05, 0.1) is 13.2 Å². The van der Waals surface area contributed by atoms with E-state index in [1.165, 1.54) is 17.5 Å². The van der Waals surface area contributed by atoms with Crippen LogP contribution in [0.25, 0.3) is 0 Å². The highest BCUT2D eigenvalue weighted by atomic mass is 16.7. The van der Waals surface area contributed by atoms with E-state index in [4.69, 9.17) is 14.2 Å². The van der Waals surface area contributed by atoms with Crippen LogP contribution >= 0.6 is 0 Å². The first-order chi connectivity index (χ1) is 10.7. The first-order valence-electron chi connectivity index (χ1n) is 8.15. The van der Waals surface area contributed by atoms with Crippen molar-refractivity contribution in [3.8, 4) is 17.2 Å². The number of fused-ring (bicyclic) bond motifs is 2. The van der Waals surface area contributed by atoms with Crippen molar-refractivity contribution in [2.75, 3.05) is 20.4 Å². The van der Waals surface area contributed by atoms with E-state index in [9.17, 15) is 5.11 Å². The Kier molecular flexibility index (Phi) is 2.54. The molecule has 3 aliphatic heterocycles. The van der Waals surface area contributed by atoms with E-state index >= 15 is 0 Å². The third-order valence-electron chi connectivity index (χ3n) is 6.17. The lowest BCUT2D eigenvalue weighted by molar-refractivity contribution is 0.0378. The molecule has 4 aliphatic rings. The van der Waals surface area contributed by atoms with E-state index in [1.54, 1.807) is 7.11 Å². The Labute approximate surface area is 129 Å². The summed E-state index contributed by atoms with van der Waals surface area (Å²) in [5.74, 6) is 2.42. The first kappa shape index (κ1) is 13.0. The van der Waals surface area contributed by atoms with Gasteiger partial charge >= 0.3 is 0 Å². The number of methoxy groups -OCH3 is 1. The lowest BCUT2D eigenvalue weighted by Gasteiger charge is -2.48. The molecule has 22 heavy (non-hydrogen) atoms. The van der Waals surface area contributed by atoms with Crippen LogP contribution in [0.2, 0.25) is 0 Å². The standard InChI is InChI=1S/C17H21NO4/c1-20-15-11-8-18-5-4-17(3-2-10(19)6-14(17)18)12(11)7-13-16(15)22-9-21-13/h7,10,14,19H,2-6,8-9H2,1H3. The van der Waals surface area contributed by atoms with E-state index in [2.05, 4.69) is 11.0 Å². The molecular formula is C17H21NO4. The Morgan fingerprint density at radius 1 is 1.36 bits per heavy atom. The lowest BCUT2D eigenvalue weighted by Crippen LogP contribution is -2.51. The molecule has 5 heteroatoms. The summed E-state index contributed by atoms with van der Waals surface area (Å²) in [6, 6.07) is 2.64. The van der Waals surface area contributed by atoms with Gasteiger partial charge < -0.3 is 19.3 Å². The van der Waals surface area contributed by atoms with Gasteiger partial charge in [-0.1, -0.05) is 0 Å². The fourth-order valence-corrected chi connectivity index (χ4v) is 5.19. The molecule has 0 radical (unpaired) electrons. The fraction of sp³-hybridized carbons (Fsp3) is 0.647. The van der Waals surface area contributed by atoms with Crippen LogP contribution in [-0.2, 0) is 12.0 Å². The number of hydrogen-bond donors (Lipinski definition) is 1. The fourth-order valence-electron chi connectivity index (χ4n) is 5.19. The molecule has 1 aromatic carbocycles. The third-order valence-corrected chi connectivity index (χ3v) is 6.17. The second-order valence-electron chi connectivity index (χ2n) is 6.99. The van der Waals surface area contributed by atoms with Crippen molar-refractivity contribution in [3.63, 3.8) is 0 Å². The molecule has 5 rings (SSSR count). The van der Waals surface area contributed by atoms with Crippen LogP contribution in [0, 0.1) is 0 Å². The van der Waals surface area contributed by atoms with Gasteiger partial charge in [-0.05, 0) is 43.9 Å². The van der Waals surface area contributed by atoms with Gasteiger partial charge in [0.15, 0.2) is 11.5 Å². The van der Waals surface area contributed by atoms with E-state index < -0.39 is 0 Å². The molecule has 4 unspecified atom stereocenters. The molecule has 1 saturated carbocycles. The zero-order valence-electron chi connectivity index (χ0n) is 12.8. The van der Waals surface area contributed by atoms with Crippen LogP contribution in [0.5, 0.6) is 17.2 Å². The SMILES string of the molecule is COc1c2c(cc3c1OCO3)C13CCC(O)CC1N(CC3)C2. The number of ether oxygens (including phenoxy) is 3. The van der Waals surface area contributed by atoms with Crippen LogP contribution in [0.15, 0.2) is 6.07 Å². The van der Waals surface area contributed by atoms with Gasteiger partial charge in [0, 0.05) is 23.6 Å². The number of aliphatic hydroxyl groups is 1. The van der Waals surface area contributed by atoms with Crippen LogP contribution < -0.4 is 14.2 Å². The van der Waals surface area contributed by atoms with Crippen molar-refractivity contribution in [2.24, 2.45) is 0 Å². The average molecular weight is 303 g/mol. The molecule has 4 atom stereocenters. The van der Waals surface area contributed by atoms with Crippen molar-refractivity contribution in [1.82, 2.24) is 4.90 Å². The third kappa shape index (κ3) is 1.46. The summed E-state index contributed by atoms with van der Waals surface area (Å²) in [7, 11) is 1.71. The average Bonchev–Trinajstić information content (AvgIpc) is 3.08. The monoisotopic (exact) mass is 303 g/mol. The van der Waals surface area contributed by atoms with E-state index in [-0.39, 0.29) is 18.3 Å². The maximum absolute atomic E-state index is 10.1. The van der Waals surface area contributed by atoms with E-state index in [0.29, 0.717) is 6.04 Å². The molecular weight excluding hydrogens is 282 g/mol. The quantitative estimate of drug-likeness (QED) is 0.857. The minimum absolute atomic E-state index is 0.154. The maximum atomic E-state index is 10.1. The molecule has 1 aromatic rings. The molecule has 1 N–H and O–H groups in total. The van der Waals surface area contributed by atoms with Crippen molar-refractivity contribution in [2.45, 2.75) is 49.8 Å². The molecule has 1 aliphatic carbocycles. The molecule has 118 valence electrons. The van der Waals surface area contributed by atoms with Crippen LogP contribution in [0.4, 0.5) is 0 Å². The van der Waals surface area contributed by atoms with Crippen LogP contribution in [0.3, 0.4) is 0 Å². The highest BCUT2D eigenvalue weighted by Gasteiger charge is 2.55. The number of hydrogen-bond acceptors (Lipinski definition) is 5. The Balaban J connectivity index is 1.73. The Hall–Kier alpha value is -1.46. The highest BCUT2D eigenvalue weighted by molar-refractivity contribution is 5.63. The number of rotatable bonds is 1. The van der Waals surface area contributed by atoms with Crippen molar-refractivity contribution < 1.29 is 19.3 Å². The van der Waals surface area contributed by atoms with Gasteiger partial charge in [-0.2, -0.15) is 0 Å². The summed E-state index contributed by atoms with van der Waals surface area (Å²) >= 11 is 0. The smallest absolute Gasteiger partial charge is 0.231 e. The number of benzene rings is 1. The molecule has 5 nitrogen and oxygen atoms in total. The van der Waals surface area contributed by atoms with Crippen molar-refractivity contribution in [3.05, 3.63) is 17.2 Å². The van der Waals surface area contributed by atoms with Crippen LogP contribution in [-0.4, -0.2) is 42.6 Å². The summed E-state index contributed by atoms with van der Waals surface area (Å²) in [5.41, 5.74) is 2.79. The number of nitrogens with zero attached hydrogens (tertiary/aromatic N) is 1. The van der Waals surface area contributed by atoms with E-state index in [1.807, 2.05) is 0 Å². The zero-order valence-corrected chi connectivity index (χ0v) is 12.8. The predicted molar refractivity (Wildman–Crippen MR) is 79.5 cm³/mol. The Morgan fingerprint density at radius 2 is 2.27 bits per heavy atom. The minimum Gasteiger partial charge on any atom is -0.492 e. The van der Waals surface area contributed by atoms with Crippen LogP contribution in [0.1, 0.15) is 36.8 Å². The molecule has 2 fully saturated rings. The van der Waals surface area contributed by atoms with Gasteiger partial charge in [0.25, 0.3) is 0 Å². The minimum atomic E-state index is -0.156. The summed E-state index contributed by atoms with van der Waals surface area (Å²) in [5, 5.41) is 10.1. The highest BCUT2D eigenvalue weighted by Crippen LogP contribution is 2.58. The molecule has 3 heterocycles.